The summed E-state index contributed by atoms with van der Waals surface area (Å²) in [6.45, 7) is 7.88. The molecule has 1 aromatic rings. The molecule has 1 aromatic carbocycles. The second-order valence-corrected chi connectivity index (χ2v) is 6.51. The molecule has 2 rings (SSSR count). The fourth-order valence-corrected chi connectivity index (χ4v) is 4.01. The summed E-state index contributed by atoms with van der Waals surface area (Å²) in [5.74, 6) is 0. The Balaban J connectivity index is 2.14. The molecule has 0 radical (unpaired) electrons. The van der Waals surface area contributed by atoms with Crippen LogP contribution in [0, 0.1) is 0 Å². The van der Waals surface area contributed by atoms with Crippen LogP contribution in [0.1, 0.15) is 44.4 Å². The van der Waals surface area contributed by atoms with Gasteiger partial charge in [-0.3, -0.25) is 0 Å². The Morgan fingerprint density at radius 3 is 2.82 bits per heavy atom. The minimum atomic E-state index is 0.551. The highest BCUT2D eigenvalue weighted by atomic mass is 32.2. The van der Waals surface area contributed by atoms with Gasteiger partial charge in [0, 0.05) is 16.5 Å². The molecule has 0 fully saturated rings. The first-order valence-corrected chi connectivity index (χ1v) is 7.67. The minimum Gasteiger partial charge on any atom is -0.309 e. The van der Waals surface area contributed by atoms with Gasteiger partial charge >= 0.3 is 0 Å². The summed E-state index contributed by atoms with van der Waals surface area (Å²) in [5.41, 5.74) is 3.06. The van der Waals surface area contributed by atoms with Gasteiger partial charge < -0.3 is 5.32 Å². The van der Waals surface area contributed by atoms with E-state index in [1.165, 1.54) is 18.4 Å². The predicted octanol–water partition coefficient (Wildman–Crippen LogP) is 3.79. The predicted molar refractivity (Wildman–Crippen MR) is 77.7 cm³/mol. The zero-order valence-corrected chi connectivity index (χ0v) is 11.9. The molecule has 1 N–H and O–H groups in total. The van der Waals surface area contributed by atoms with Crippen LogP contribution in [0.3, 0.4) is 0 Å². The second kappa shape index (κ2) is 5.92. The van der Waals surface area contributed by atoms with E-state index in [0.717, 1.165) is 11.8 Å². The molecule has 0 saturated carbocycles. The van der Waals surface area contributed by atoms with E-state index in [9.17, 15) is 0 Å². The van der Waals surface area contributed by atoms with Gasteiger partial charge in [-0.2, -0.15) is 11.8 Å². The van der Waals surface area contributed by atoms with Crippen LogP contribution in [0.4, 0.5) is 0 Å². The number of rotatable bonds is 5. The fraction of sp³-hybridized carbons (Fsp3) is 0.600. The van der Waals surface area contributed by atoms with Gasteiger partial charge in [0.2, 0.25) is 0 Å². The molecule has 17 heavy (non-hydrogen) atoms. The van der Waals surface area contributed by atoms with E-state index in [4.69, 9.17) is 0 Å². The molecule has 2 heteroatoms. The normalized spacial score (nSPS) is 24.6. The minimum absolute atomic E-state index is 0.551. The van der Waals surface area contributed by atoms with E-state index in [2.05, 4.69) is 62.1 Å². The van der Waals surface area contributed by atoms with Crippen molar-refractivity contribution in [2.24, 2.45) is 0 Å². The summed E-state index contributed by atoms with van der Waals surface area (Å²) in [5, 5.41) is 5.13. The molecular weight excluding hydrogens is 226 g/mol. The highest BCUT2D eigenvalue weighted by molar-refractivity contribution is 8.00. The first-order valence-electron chi connectivity index (χ1n) is 6.72. The number of benzene rings is 1. The first-order chi connectivity index (χ1) is 8.26. The lowest BCUT2D eigenvalue weighted by Crippen LogP contribution is -2.27. The van der Waals surface area contributed by atoms with E-state index in [1.54, 1.807) is 5.56 Å². The van der Waals surface area contributed by atoms with E-state index in [-0.39, 0.29) is 0 Å². The lowest BCUT2D eigenvalue weighted by atomic mass is 10.1. The van der Waals surface area contributed by atoms with Crippen LogP contribution >= 0.6 is 11.8 Å². The molecule has 3 atom stereocenters. The van der Waals surface area contributed by atoms with Gasteiger partial charge in [-0.25, -0.2) is 0 Å². The number of hydrogen-bond acceptors (Lipinski definition) is 2. The third-order valence-electron chi connectivity index (χ3n) is 3.59. The van der Waals surface area contributed by atoms with Crippen molar-refractivity contribution in [3.05, 3.63) is 35.4 Å². The smallest absolute Gasteiger partial charge is 0.0446 e. The monoisotopic (exact) mass is 249 g/mol. The Kier molecular flexibility index (Phi) is 4.52. The zero-order chi connectivity index (χ0) is 12.3. The molecule has 0 amide bonds. The summed E-state index contributed by atoms with van der Waals surface area (Å²) in [6, 6.07) is 9.46. The third-order valence-corrected chi connectivity index (χ3v) is 5.18. The lowest BCUT2D eigenvalue weighted by molar-refractivity contribution is 0.559. The van der Waals surface area contributed by atoms with Crippen molar-refractivity contribution in [3.63, 3.8) is 0 Å². The average Bonchev–Trinajstić information content (AvgIpc) is 2.68. The Bertz CT molecular complexity index is 364. The standard InChI is InChI=1S/C15H23NS/c1-4-11(3)17-14-10-12-8-6-7-9-13(12)15(14)16-5-2/h6-9,11,14-16H,4-5,10H2,1-3H3. The quantitative estimate of drug-likeness (QED) is 0.852. The Morgan fingerprint density at radius 2 is 2.12 bits per heavy atom. The maximum atomic E-state index is 3.66. The second-order valence-electron chi connectivity index (χ2n) is 4.83. The van der Waals surface area contributed by atoms with E-state index in [1.807, 2.05) is 0 Å². The summed E-state index contributed by atoms with van der Waals surface area (Å²) >= 11 is 2.15. The highest BCUT2D eigenvalue weighted by Crippen LogP contribution is 2.40. The topological polar surface area (TPSA) is 12.0 Å². The van der Waals surface area contributed by atoms with Crippen molar-refractivity contribution in [1.29, 1.82) is 0 Å². The van der Waals surface area contributed by atoms with Crippen LogP contribution in [0.25, 0.3) is 0 Å². The molecular formula is C15H23NS. The fourth-order valence-electron chi connectivity index (χ4n) is 2.54. The first kappa shape index (κ1) is 13.0. The largest absolute Gasteiger partial charge is 0.309 e. The SMILES string of the molecule is CCNC1c2ccccc2CC1SC(C)CC. The summed E-state index contributed by atoms with van der Waals surface area (Å²) in [6.07, 6.45) is 2.49. The molecule has 0 bridgehead atoms. The van der Waals surface area contributed by atoms with Crippen molar-refractivity contribution in [3.8, 4) is 0 Å². The van der Waals surface area contributed by atoms with Gasteiger partial charge in [-0.1, -0.05) is 45.0 Å². The molecule has 1 aliphatic rings. The molecule has 1 nitrogen and oxygen atoms in total. The molecule has 0 saturated heterocycles. The summed E-state index contributed by atoms with van der Waals surface area (Å²) < 4.78 is 0. The van der Waals surface area contributed by atoms with Gasteiger partial charge in [-0.05, 0) is 30.5 Å². The van der Waals surface area contributed by atoms with Crippen molar-refractivity contribution < 1.29 is 0 Å². The number of thioether (sulfide) groups is 1. The lowest BCUT2D eigenvalue weighted by Gasteiger charge is -2.23. The summed E-state index contributed by atoms with van der Waals surface area (Å²) in [4.78, 5) is 0. The Hall–Kier alpha value is -0.470. The van der Waals surface area contributed by atoms with Gasteiger partial charge in [0.15, 0.2) is 0 Å². The van der Waals surface area contributed by atoms with Gasteiger partial charge in [0.05, 0.1) is 0 Å². The maximum absolute atomic E-state index is 3.66. The van der Waals surface area contributed by atoms with Crippen LogP contribution in [0.5, 0.6) is 0 Å². The summed E-state index contributed by atoms with van der Waals surface area (Å²) in [7, 11) is 0. The number of fused-ring (bicyclic) bond motifs is 1. The molecule has 0 aliphatic heterocycles. The Labute approximate surface area is 109 Å². The molecule has 94 valence electrons. The maximum Gasteiger partial charge on any atom is 0.0446 e. The average molecular weight is 249 g/mol. The number of hydrogen-bond donors (Lipinski definition) is 1. The van der Waals surface area contributed by atoms with Gasteiger partial charge in [0.25, 0.3) is 0 Å². The van der Waals surface area contributed by atoms with Gasteiger partial charge in [-0.15, -0.1) is 0 Å². The molecule has 3 unspecified atom stereocenters. The van der Waals surface area contributed by atoms with Crippen molar-refractivity contribution in [2.45, 2.75) is 50.2 Å². The van der Waals surface area contributed by atoms with E-state index < -0.39 is 0 Å². The van der Waals surface area contributed by atoms with Crippen LogP contribution in [-0.4, -0.2) is 17.0 Å². The van der Waals surface area contributed by atoms with E-state index >= 15 is 0 Å². The van der Waals surface area contributed by atoms with Crippen molar-refractivity contribution >= 4 is 11.8 Å². The molecule has 0 heterocycles. The third kappa shape index (κ3) is 2.86. The van der Waals surface area contributed by atoms with Crippen LogP contribution in [0.15, 0.2) is 24.3 Å². The molecule has 0 aromatic heterocycles. The molecule has 1 aliphatic carbocycles. The Morgan fingerprint density at radius 1 is 1.35 bits per heavy atom. The molecule has 0 spiro atoms. The highest BCUT2D eigenvalue weighted by Gasteiger charge is 2.32. The van der Waals surface area contributed by atoms with Crippen LogP contribution < -0.4 is 5.32 Å². The van der Waals surface area contributed by atoms with E-state index in [0.29, 0.717) is 11.3 Å². The van der Waals surface area contributed by atoms with Gasteiger partial charge in [0.1, 0.15) is 0 Å². The zero-order valence-electron chi connectivity index (χ0n) is 11.1. The van der Waals surface area contributed by atoms with Crippen LogP contribution in [-0.2, 0) is 6.42 Å². The van der Waals surface area contributed by atoms with Crippen molar-refractivity contribution in [2.75, 3.05) is 6.54 Å². The van der Waals surface area contributed by atoms with Crippen molar-refractivity contribution in [1.82, 2.24) is 5.32 Å². The van der Waals surface area contributed by atoms with Crippen LogP contribution in [0.2, 0.25) is 0 Å². The number of nitrogens with one attached hydrogen (secondary N) is 1.